The number of aliphatic hydroxyl groups excluding tert-OH is 2. The van der Waals surface area contributed by atoms with Gasteiger partial charge >= 0.3 is 0 Å². The molecule has 8 heteroatoms. The predicted molar refractivity (Wildman–Crippen MR) is 118 cm³/mol. The van der Waals surface area contributed by atoms with Crippen molar-refractivity contribution in [1.29, 1.82) is 0 Å². The minimum atomic E-state index is -1.84. The smallest absolute Gasteiger partial charge is 0.254 e. The number of carbonyl (C=O) groups is 3. The lowest BCUT2D eigenvalue weighted by Gasteiger charge is -2.41. The third-order valence-corrected chi connectivity index (χ3v) is 6.94. The van der Waals surface area contributed by atoms with Gasteiger partial charge in [-0.05, 0) is 43.2 Å². The number of hydrogen-bond donors (Lipinski definition) is 3. The number of likely N-dealkylation sites (tertiary alicyclic amines) is 1. The fraction of sp³-hybridized carbons (Fsp3) is 0.435. The highest BCUT2D eigenvalue weighted by atomic mass is 32.1. The quantitative estimate of drug-likeness (QED) is 0.569. The Balaban J connectivity index is 1.55. The molecule has 1 aromatic carbocycles. The van der Waals surface area contributed by atoms with E-state index < -0.39 is 29.4 Å². The van der Waals surface area contributed by atoms with Crippen LogP contribution in [-0.4, -0.2) is 64.6 Å². The van der Waals surface area contributed by atoms with E-state index in [1.54, 1.807) is 18.3 Å². The molecule has 166 valence electrons. The molecule has 0 unspecified atom stereocenters. The Bertz CT molecular complexity index is 892. The Labute approximate surface area is 185 Å². The summed E-state index contributed by atoms with van der Waals surface area (Å²) in [5.41, 5.74) is 0.251. The van der Waals surface area contributed by atoms with E-state index in [0.29, 0.717) is 25.8 Å². The van der Waals surface area contributed by atoms with Crippen molar-refractivity contribution in [1.82, 2.24) is 10.2 Å². The monoisotopic (exact) mass is 444 g/mol. The van der Waals surface area contributed by atoms with Gasteiger partial charge < -0.3 is 20.4 Å². The molecular weight excluding hydrogens is 416 g/mol. The van der Waals surface area contributed by atoms with E-state index >= 15 is 0 Å². The summed E-state index contributed by atoms with van der Waals surface area (Å²) in [7, 11) is 0. The molecule has 2 atom stereocenters. The molecule has 0 spiro atoms. The molecule has 1 aliphatic rings. The number of carbonyl (C=O) groups excluding carboxylic acids is 3. The summed E-state index contributed by atoms with van der Waals surface area (Å²) in [5.74, 6) is -1.44. The summed E-state index contributed by atoms with van der Waals surface area (Å²) < 4.78 is 0. The van der Waals surface area contributed by atoms with E-state index in [1.165, 1.54) is 4.90 Å². The van der Waals surface area contributed by atoms with Crippen LogP contribution in [0.4, 0.5) is 0 Å². The number of benzene rings is 1. The topological polar surface area (TPSA) is 107 Å². The van der Waals surface area contributed by atoms with Crippen molar-refractivity contribution < 1.29 is 24.6 Å². The van der Waals surface area contributed by atoms with Gasteiger partial charge in [-0.15, -0.1) is 11.3 Å². The number of piperidine rings is 1. The molecule has 2 aromatic rings. The zero-order valence-corrected chi connectivity index (χ0v) is 18.3. The second kappa shape index (κ2) is 10.2. The number of hydrogen-bond acceptors (Lipinski definition) is 6. The van der Waals surface area contributed by atoms with Crippen LogP contribution in [0.25, 0.3) is 0 Å². The molecular formula is C23H28N2O5S. The van der Waals surface area contributed by atoms with Crippen molar-refractivity contribution >= 4 is 28.9 Å². The molecule has 1 aromatic heterocycles. The van der Waals surface area contributed by atoms with Crippen LogP contribution in [0, 0.1) is 0 Å². The summed E-state index contributed by atoms with van der Waals surface area (Å²) >= 11 is 1.57. The third-order valence-electron chi connectivity index (χ3n) is 6.00. The largest absolute Gasteiger partial charge is 0.380 e. The normalized spacial score (nSPS) is 17.6. The van der Waals surface area contributed by atoms with Crippen LogP contribution in [0.2, 0.25) is 0 Å². The lowest BCUT2D eigenvalue weighted by Crippen LogP contribution is -2.55. The zero-order valence-electron chi connectivity index (χ0n) is 17.5. The SMILES string of the molecule is CC(=O)C1(c2ccccc2)CCN(C(=O)[C@H](O)[C@@H](O)C(=O)NCCc2cccs2)CC1. The van der Waals surface area contributed by atoms with Gasteiger partial charge in [-0.2, -0.15) is 0 Å². The van der Waals surface area contributed by atoms with Crippen LogP contribution in [0.1, 0.15) is 30.2 Å². The first kappa shape index (κ1) is 23.1. The van der Waals surface area contributed by atoms with Crippen molar-refractivity contribution in [3.63, 3.8) is 0 Å². The number of amides is 2. The van der Waals surface area contributed by atoms with Gasteiger partial charge in [0, 0.05) is 24.5 Å². The summed E-state index contributed by atoms with van der Waals surface area (Å²) in [5, 5.41) is 24.9. The van der Waals surface area contributed by atoms with E-state index in [0.717, 1.165) is 10.4 Å². The van der Waals surface area contributed by atoms with Gasteiger partial charge in [-0.25, -0.2) is 0 Å². The number of rotatable bonds is 8. The molecule has 3 rings (SSSR count). The van der Waals surface area contributed by atoms with Gasteiger partial charge in [0.25, 0.3) is 11.8 Å². The van der Waals surface area contributed by atoms with E-state index in [9.17, 15) is 24.6 Å². The minimum absolute atomic E-state index is 0.0384. The Morgan fingerprint density at radius 3 is 2.32 bits per heavy atom. The molecule has 3 N–H and O–H groups in total. The molecule has 1 fully saturated rings. The van der Waals surface area contributed by atoms with Crippen molar-refractivity contribution in [3.8, 4) is 0 Å². The van der Waals surface area contributed by atoms with E-state index in [1.807, 2.05) is 47.8 Å². The first-order valence-electron chi connectivity index (χ1n) is 10.4. The van der Waals surface area contributed by atoms with Crippen molar-refractivity contribution in [3.05, 3.63) is 58.3 Å². The van der Waals surface area contributed by atoms with E-state index in [4.69, 9.17) is 0 Å². The minimum Gasteiger partial charge on any atom is -0.380 e. The number of Topliss-reactive ketones (excluding diaryl/α,β-unsaturated/α-hetero) is 1. The van der Waals surface area contributed by atoms with Gasteiger partial charge in [0.1, 0.15) is 5.78 Å². The maximum absolute atomic E-state index is 12.7. The molecule has 2 heterocycles. The Morgan fingerprint density at radius 1 is 1.06 bits per heavy atom. The van der Waals surface area contributed by atoms with Crippen LogP contribution < -0.4 is 5.32 Å². The molecule has 1 saturated heterocycles. The number of aliphatic hydroxyl groups is 2. The fourth-order valence-electron chi connectivity index (χ4n) is 4.04. The molecule has 0 aliphatic carbocycles. The van der Waals surface area contributed by atoms with Crippen LogP contribution in [0.3, 0.4) is 0 Å². The van der Waals surface area contributed by atoms with Crippen LogP contribution in [0.15, 0.2) is 47.8 Å². The van der Waals surface area contributed by atoms with Crippen molar-refractivity contribution in [2.75, 3.05) is 19.6 Å². The summed E-state index contributed by atoms with van der Waals surface area (Å²) in [6.07, 6.45) is -2.23. The average Bonchev–Trinajstić information content (AvgIpc) is 3.31. The molecule has 0 bridgehead atoms. The van der Waals surface area contributed by atoms with Crippen molar-refractivity contribution in [2.45, 2.75) is 43.8 Å². The molecule has 0 saturated carbocycles. The Kier molecular flexibility index (Phi) is 7.59. The Morgan fingerprint density at radius 2 is 1.74 bits per heavy atom. The predicted octanol–water partition coefficient (Wildman–Crippen LogP) is 1.28. The molecule has 7 nitrogen and oxygen atoms in total. The number of nitrogens with one attached hydrogen (secondary N) is 1. The molecule has 0 radical (unpaired) electrons. The van der Waals surface area contributed by atoms with Crippen LogP contribution in [0.5, 0.6) is 0 Å². The van der Waals surface area contributed by atoms with Gasteiger partial charge in [0.15, 0.2) is 12.2 Å². The maximum atomic E-state index is 12.7. The lowest BCUT2D eigenvalue weighted by atomic mass is 9.70. The van der Waals surface area contributed by atoms with Crippen LogP contribution >= 0.6 is 11.3 Å². The second-order valence-corrected chi connectivity index (χ2v) is 8.87. The zero-order chi connectivity index (χ0) is 22.4. The summed E-state index contributed by atoms with van der Waals surface area (Å²) in [6, 6.07) is 13.3. The highest BCUT2D eigenvalue weighted by Crippen LogP contribution is 2.36. The molecule has 31 heavy (non-hydrogen) atoms. The number of nitrogens with zero attached hydrogens (tertiary/aromatic N) is 1. The lowest BCUT2D eigenvalue weighted by molar-refractivity contribution is -0.154. The first-order chi connectivity index (χ1) is 14.8. The second-order valence-electron chi connectivity index (χ2n) is 7.84. The van der Waals surface area contributed by atoms with E-state index in [2.05, 4.69) is 5.32 Å². The maximum Gasteiger partial charge on any atom is 0.254 e. The standard InChI is InChI=1S/C23H28N2O5S/c1-16(26)23(17-6-3-2-4-7-17)10-13-25(14-11-23)22(30)20(28)19(27)21(29)24-12-9-18-8-5-15-31-18/h2-8,15,19-20,27-28H,9-14H2,1H3,(H,24,29)/t19-,20-/m1/s1. The average molecular weight is 445 g/mol. The first-order valence-corrected chi connectivity index (χ1v) is 11.2. The molecule has 1 aliphatic heterocycles. The summed E-state index contributed by atoms with van der Waals surface area (Å²) in [6.45, 7) is 2.39. The van der Waals surface area contributed by atoms with Gasteiger partial charge in [-0.3, -0.25) is 14.4 Å². The van der Waals surface area contributed by atoms with Gasteiger partial charge in [-0.1, -0.05) is 36.4 Å². The van der Waals surface area contributed by atoms with Gasteiger partial charge in [0.05, 0.1) is 5.41 Å². The summed E-state index contributed by atoms with van der Waals surface area (Å²) in [4.78, 5) is 39.8. The van der Waals surface area contributed by atoms with Crippen LogP contribution in [-0.2, 0) is 26.2 Å². The fourth-order valence-corrected chi connectivity index (χ4v) is 4.75. The Hall–Kier alpha value is -2.55. The third kappa shape index (κ3) is 5.20. The highest BCUT2D eigenvalue weighted by molar-refractivity contribution is 7.09. The highest BCUT2D eigenvalue weighted by Gasteiger charge is 2.43. The number of ketones is 1. The molecule has 2 amide bonds. The van der Waals surface area contributed by atoms with Gasteiger partial charge in [0.2, 0.25) is 0 Å². The van der Waals surface area contributed by atoms with E-state index in [-0.39, 0.29) is 18.9 Å². The number of thiophene rings is 1. The van der Waals surface area contributed by atoms with Crippen molar-refractivity contribution in [2.24, 2.45) is 0 Å².